The number of benzene rings is 1. The van der Waals surface area contributed by atoms with Crippen LogP contribution in [0.2, 0.25) is 5.02 Å². The minimum Gasteiger partial charge on any atom is -0.491 e. The molecule has 0 spiro atoms. The van der Waals surface area contributed by atoms with Gasteiger partial charge >= 0.3 is 0 Å². The zero-order chi connectivity index (χ0) is 13.8. The average Bonchev–Trinajstić information content (AvgIpc) is 2.30. The van der Waals surface area contributed by atoms with Gasteiger partial charge in [0.1, 0.15) is 0 Å². The Kier molecular flexibility index (Phi) is 5.37. The third kappa shape index (κ3) is 3.77. The van der Waals surface area contributed by atoms with Crippen LogP contribution in [0.15, 0.2) is 16.6 Å². The standard InChI is InChI=1S/C14H19BrClNO2/c1-3-18-11-7-10(8-11)17-13-6-9(16)5-12(15)14(13)19-4-2/h5-6,10-11,17H,3-4,7-8H2,1-2H3. The Balaban J connectivity index is 2.03. The van der Waals surface area contributed by atoms with Crippen molar-refractivity contribution in [1.29, 1.82) is 0 Å². The molecule has 0 saturated heterocycles. The van der Waals surface area contributed by atoms with Crippen molar-refractivity contribution in [3.05, 3.63) is 21.6 Å². The SMILES string of the molecule is CCOc1c(Br)cc(Cl)cc1NC1CC(OCC)C1. The van der Waals surface area contributed by atoms with Crippen LogP contribution in [0.25, 0.3) is 0 Å². The molecule has 1 N–H and O–H groups in total. The second kappa shape index (κ2) is 6.82. The van der Waals surface area contributed by atoms with Gasteiger partial charge in [0.15, 0.2) is 5.75 Å². The number of hydrogen-bond donors (Lipinski definition) is 1. The highest BCUT2D eigenvalue weighted by Crippen LogP contribution is 2.38. The van der Waals surface area contributed by atoms with E-state index < -0.39 is 0 Å². The molecule has 1 fully saturated rings. The van der Waals surface area contributed by atoms with Crippen molar-refractivity contribution in [1.82, 2.24) is 0 Å². The van der Waals surface area contributed by atoms with Crippen LogP contribution in [-0.2, 0) is 4.74 Å². The first-order valence-corrected chi connectivity index (χ1v) is 7.81. The molecule has 0 amide bonds. The summed E-state index contributed by atoms with van der Waals surface area (Å²) >= 11 is 9.59. The molecule has 1 aromatic rings. The lowest BCUT2D eigenvalue weighted by Gasteiger charge is -2.36. The highest BCUT2D eigenvalue weighted by molar-refractivity contribution is 9.10. The minimum absolute atomic E-state index is 0.390. The molecule has 0 aliphatic heterocycles. The first-order chi connectivity index (χ1) is 9.13. The maximum absolute atomic E-state index is 6.10. The monoisotopic (exact) mass is 347 g/mol. The Morgan fingerprint density at radius 3 is 2.68 bits per heavy atom. The number of halogens is 2. The van der Waals surface area contributed by atoms with Crippen LogP contribution in [0.3, 0.4) is 0 Å². The molecule has 3 nitrogen and oxygen atoms in total. The lowest BCUT2D eigenvalue weighted by Crippen LogP contribution is -2.40. The Morgan fingerprint density at radius 1 is 1.32 bits per heavy atom. The van der Waals surface area contributed by atoms with Crippen molar-refractivity contribution in [2.24, 2.45) is 0 Å². The summed E-state index contributed by atoms with van der Waals surface area (Å²) in [6.45, 7) is 5.41. The Labute approximate surface area is 127 Å². The van der Waals surface area contributed by atoms with Gasteiger partial charge in [-0.25, -0.2) is 0 Å². The fraction of sp³-hybridized carbons (Fsp3) is 0.571. The summed E-state index contributed by atoms with van der Waals surface area (Å²) < 4.78 is 12.1. The smallest absolute Gasteiger partial charge is 0.156 e. The summed E-state index contributed by atoms with van der Waals surface area (Å²) in [5.74, 6) is 0.826. The van der Waals surface area contributed by atoms with Gasteiger partial charge in [-0.2, -0.15) is 0 Å². The van der Waals surface area contributed by atoms with Gasteiger partial charge in [-0.05, 0) is 54.8 Å². The molecule has 106 valence electrons. The number of rotatable bonds is 6. The molecule has 5 heteroatoms. The van der Waals surface area contributed by atoms with E-state index in [0.717, 1.165) is 35.4 Å². The predicted molar refractivity (Wildman–Crippen MR) is 82.4 cm³/mol. The van der Waals surface area contributed by atoms with Crippen LogP contribution < -0.4 is 10.1 Å². The molecule has 0 bridgehead atoms. The molecule has 0 unspecified atom stereocenters. The van der Waals surface area contributed by atoms with Crippen LogP contribution in [0.4, 0.5) is 5.69 Å². The number of ether oxygens (including phenoxy) is 2. The molecule has 19 heavy (non-hydrogen) atoms. The molecule has 0 heterocycles. The van der Waals surface area contributed by atoms with Gasteiger partial charge < -0.3 is 14.8 Å². The highest BCUT2D eigenvalue weighted by Gasteiger charge is 2.30. The number of anilines is 1. The van der Waals surface area contributed by atoms with Crippen LogP contribution >= 0.6 is 27.5 Å². The van der Waals surface area contributed by atoms with E-state index in [2.05, 4.69) is 21.2 Å². The molecular weight excluding hydrogens is 330 g/mol. The predicted octanol–water partition coefficient (Wildman–Crippen LogP) is 4.48. The van der Waals surface area contributed by atoms with E-state index in [1.807, 2.05) is 26.0 Å². The summed E-state index contributed by atoms with van der Waals surface area (Å²) in [4.78, 5) is 0. The topological polar surface area (TPSA) is 30.5 Å². The Hall–Kier alpha value is -0.450. The van der Waals surface area contributed by atoms with Crippen LogP contribution in [0, 0.1) is 0 Å². The van der Waals surface area contributed by atoms with Crippen molar-refractivity contribution >= 4 is 33.2 Å². The molecule has 0 aromatic heterocycles. The molecule has 1 saturated carbocycles. The van der Waals surface area contributed by atoms with E-state index in [1.165, 1.54) is 0 Å². The van der Waals surface area contributed by atoms with Crippen LogP contribution in [0.1, 0.15) is 26.7 Å². The van der Waals surface area contributed by atoms with Crippen molar-refractivity contribution in [3.63, 3.8) is 0 Å². The molecular formula is C14H19BrClNO2. The summed E-state index contributed by atoms with van der Waals surface area (Å²) in [5, 5.41) is 4.18. The summed E-state index contributed by atoms with van der Waals surface area (Å²) in [6.07, 6.45) is 2.45. The summed E-state index contributed by atoms with van der Waals surface area (Å²) in [7, 11) is 0. The van der Waals surface area contributed by atoms with Crippen molar-refractivity contribution in [2.45, 2.75) is 38.8 Å². The van der Waals surface area contributed by atoms with E-state index in [-0.39, 0.29) is 0 Å². The zero-order valence-electron chi connectivity index (χ0n) is 11.2. The van der Waals surface area contributed by atoms with E-state index in [9.17, 15) is 0 Å². The Bertz CT molecular complexity index is 436. The fourth-order valence-corrected chi connectivity index (χ4v) is 3.16. The van der Waals surface area contributed by atoms with Gasteiger partial charge in [-0.3, -0.25) is 0 Å². The lowest BCUT2D eigenvalue weighted by molar-refractivity contribution is 0.00294. The molecule has 2 rings (SSSR count). The highest BCUT2D eigenvalue weighted by atomic mass is 79.9. The van der Waals surface area contributed by atoms with Gasteiger partial charge in [0, 0.05) is 17.7 Å². The van der Waals surface area contributed by atoms with E-state index in [1.54, 1.807) is 0 Å². The Morgan fingerprint density at radius 2 is 2.05 bits per heavy atom. The molecule has 1 aliphatic rings. The van der Waals surface area contributed by atoms with Crippen molar-refractivity contribution in [2.75, 3.05) is 18.5 Å². The second-order valence-corrected chi connectivity index (χ2v) is 5.88. The van der Waals surface area contributed by atoms with Crippen molar-refractivity contribution < 1.29 is 9.47 Å². The first-order valence-electron chi connectivity index (χ1n) is 6.64. The minimum atomic E-state index is 0.390. The number of nitrogens with one attached hydrogen (secondary N) is 1. The summed E-state index contributed by atoms with van der Waals surface area (Å²) in [5.41, 5.74) is 0.946. The maximum atomic E-state index is 6.10. The second-order valence-electron chi connectivity index (χ2n) is 4.59. The fourth-order valence-electron chi connectivity index (χ4n) is 2.23. The van der Waals surface area contributed by atoms with E-state index >= 15 is 0 Å². The normalized spacial score (nSPS) is 21.9. The zero-order valence-corrected chi connectivity index (χ0v) is 13.6. The molecule has 1 aliphatic carbocycles. The van der Waals surface area contributed by atoms with E-state index in [0.29, 0.717) is 23.8 Å². The average molecular weight is 349 g/mol. The largest absolute Gasteiger partial charge is 0.491 e. The van der Waals surface area contributed by atoms with Gasteiger partial charge in [0.05, 0.1) is 22.9 Å². The van der Waals surface area contributed by atoms with Gasteiger partial charge in [-0.15, -0.1) is 0 Å². The molecule has 1 aromatic carbocycles. The first kappa shape index (κ1) is 14.9. The lowest BCUT2D eigenvalue weighted by atomic mass is 9.89. The van der Waals surface area contributed by atoms with Crippen LogP contribution in [-0.4, -0.2) is 25.4 Å². The third-order valence-corrected chi connectivity index (χ3v) is 3.96. The van der Waals surface area contributed by atoms with Gasteiger partial charge in [0.25, 0.3) is 0 Å². The molecule has 0 atom stereocenters. The molecule has 0 radical (unpaired) electrons. The van der Waals surface area contributed by atoms with Crippen molar-refractivity contribution in [3.8, 4) is 5.75 Å². The third-order valence-electron chi connectivity index (χ3n) is 3.15. The summed E-state index contributed by atoms with van der Waals surface area (Å²) in [6, 6.07) is 4.19. The number of hydrogen-bond acceptors (Lipinski definition) is 3. The van der Waals surface area contributed by atoms with Gasteiger partial charge in [0.2, 0.25) is 0 Å². The van der Waals surface area contributed by atoms with Gasteiger partial charge in [-0.1, -0.05) is 11.6 Å². The van der Waals surface area contributed by atoms with Crippen LogP contribution in [0.5, 0.6) is 5.75 Å². The quantitative estimate of drug-likeness (QED) is 0.822. The van der Waals surface area contributed by atoms with E-state index in [4.69, 9.17) is 21.1 Å². The maximum Gasteiger partial charge on any atom is 0.156 e.